The maximum Gasteiger partial charge on any atom is 0.307 e. The van der Waals surface area contributed by atoms with Gasteiger partial charge in [-0.2, -0.15) is 8.42 Å². The largest absolute Gasteiger partial charge is 0.347 e. The summed E-state index contributed by atoms with van der Waals surface area (Å²) in [5, 5.41) is -1.23. The SMILES string of the molecule is O=C1CC(S(=O)(=O)F)CN1Cc1cnc[nH]1. The molecule has 1 aromatic rings. The van der Waals surface area contributed by atoms with Crippen molar-refractivity contribution in [2.24, 2.45) is 0 Å². The topological polar surface area (TPSA) is 83.1 Å². The summed E-state index contributed by atoms with van der Waals surface area (Å²) in [6, 6.07) is 0. The molecule has 1 aliphatic heterocycles. The maximum absolute atomic E-state index is 12.7. The fourth-order valence-corrected chi connectivity index (χ4v) is 2.35. The van der Waals surface area contributed by atoms with Gasteiger partial charge in [0.2, 0.25) is 5.91 Å². The van der Waals surface area contributed by atoms with E-state index in [2.05, 4.69) is 9.97 Å². The minimum Gasteiger partial charge on any atom is -0.347 e. The molecule has 1 amide bonds. The Labute approximate surface area is 91.7 Å². The van der Waals surface area contributed by atoms with E-state index in [1.807, 2.05) is 0 Å². The second-order valence-corrected chi connectivity index (χ2v) is 5.27. The summed E-state index contributed by atoms with van der Waals surface area (Å²) in [4.78, 5) is 19.3. The van der Waals surface area contributed by atoms with Gasteiger partial charge in [-0.25, -0.2) is 4.98 Å². The van der Waals surface area contributed by atoms with E-state index in [0.717, 1.165) is 0 Å². The summed E-state index contributed by atoms with van der Waals surface area (Å²) in [5.41, 5.74) is 0.685. The van der Waals surface area contributed by atoms with Crippen molar-refractivity contribution in [3.63, 3.8) is 0 Å². The van der Waals surface area contributed by atoms with Gasteiger partial charge in [0.25, 0.3) is 0 Å². The molecular formula is C8H10FN3O3S. The molecule has 2 rings (SSSR count). The number of hydrogen-bond acceptors (Lipinski definition) is 4. The number of aromatic nitrogens is 2. The number of amides is 1. The van der Waals surface area contributed by atoms with Crippen LogP contribution < -0.4 is 0 Å². The van der Waals surface area contributed by atoms with E-state index in [9.17, 15) is 17.1 Å². The second-order valence-electron chi connectivity index (χ2n) is 3.65. The van der Waals surface area contributed by atoms with Crippen molar-refractivity contribution < 1.29 is 17.1 Å². The molecule has 1 saturated heterocycles. The van der Waals surface area contributed by atoms with Crippen LogP contribution in [0, 0.1) is 0 Å². The van der Waals surface area contributed by atoms with Crippen LogP contribution >= 0.6 is 0 Å². The summed E-state index contributed by atoms with van der Waals surface area (Å²) in [7, 11) is -4.64. The van der Waals surface area contributed by atoms with Crippen molar-refractivity contribution in [3.8, 4) is 0 Å². The lowest BCUT2D eigenvalue weighted by molar-refractivity contribution is -0.128. The first kappa shape index (κ1) is 11.1. The van der Waals surface area contributed by atoms with Gasteiger partial charge in [0.15, 0.2) is 0 Å². The summed E-state index contributed by atoms with van der Waals surface area (Å²) in [5.74, 6) is -0.360. The Bertz CT molecular complexity index is 485. The van der Waals surface area contributed by atoms with Crippen LogP contribution in [0.15, 0.2) is 12.5 Å². The highest BCUT2D eigenvalue weighted by molar-refractivity contribution is 7.87. The van der Waals surface area contributed by atoms with Gasteiger partial charge in [-0.1, -0.05) is 0 Å². The predicted molar refractivity (Wildman–Crippen MR) is 52.4 cm³/mol. The van der Waals surface area contributed by atoms with Crippen LogP contribution in [0.1, 0.15) is 12.1 Å². The number of imidazole rings is 1. The van der Waals surface area contributed by atoms with E-state index in [1.165, 1.54) is 17.4 Å². The van der Waals surface area contributed by atoms with Gasteiger partial charge in [0.05, 0.1) is 18.6 Å². The molecule has 0 spiro atoms. The zero-order valence-electron chi connectivity index (χ0n) is 8.26. The second kappa shape index (κ2) is 3.85. The molecule has 88 valence electrons. The highest BCUT2D eigenvalue weighted by Crippen LogP contribution is 2.20. The zero-order chi connectivity index (χ0) is 11.8. The molecule has 8 heteroatoms. The number of nitrogens with zero attached hydrogens (tertiary/aromatic N) is 2. The quantitative estimate of drug-likeness (QED) is 0.750. The van der Waals surface area contributed by atoms with E-state index in [0.29, 0.717) is 5.69 Å². The molecule has 1 aliphatic rings. The molecule has 1 unspecified atom stereocenters. The van der Waals surface area contributed by atoms with Crippen LogP contribution in [-0.2, 0) is 21.6 Å². The van der Waals surface area contributed by atoms with Crippen molar-refractivity contribution in [1.82, 2.24) is 14.9 Å². The Hall–Kier alpha value is -1.44. The lowest BCUT2D eigenvalue weighted by Gasteiger charge is -2.14. The number of likely N-dealkylation sites (tertiary alicyclic amines) is 1. The molecule has 1 atom stereocenters. The van der Waals surface area contributed by atoms with Gasteiger partial charge >= 0.3 is 10.2 Å². The summed E-state index contributed by atoms with van der Waals surface area (Å²) >= 11 is 0. The summed E-state index contributed by atoms with van der Waals surface area (Å²) in [6.07, 6.45) is 2.71. The van der Waals surface area contributed by atoms with Crippen LogP contribution in [0.4, 0.5) is 3.89 Å². The number of aromatic amines is 1. The standard InChI is InChI=1S/C8H10FN3O3S/c9-16(14,15)7-1-8(13)12(4-7)3-6-2-10-5-11-6/h2,5,7H,1,3-4H2,(H,10,11). The van der Waals surface area contributed by atoms with E-state index >= 15 is 0 Å². The third-order valence-electron chi connectivity index (χ3n) is 2.49. The first-order chi connectivity index (χ1) is 7.47. The molecule has 1 fully saturated rings. The number of rotatable bonds is 3. The molecule has 1 N–H and O–H groups in total. The number of carbonyl (C=O) groups is 1. The Morgan fingerprint density at radius 3 is 2.88 bits per heavy atom. The number of H-pyrrole nitrogens is 1. The molecular weight excluding hydrogens is 237 g/mol. The van der Waals surface area contributed by atoms with Crippen molar-refractivity contribution in [3.05, 3.63) is 18.2 Å². The average molecular weight is 247 g/mol. The van der Waals surface area contributed by atoms with E-state index in [1.54, 1.807) is 0 Å². The first-order valence-corrected chi connectivity index (χ1v) is 6.10. The Kier molecular flexibility index (Phi) is 2.66. The van der Waals surface area contributed by atoms with Crippen molar-refractivity contribution in [2.75, 3.05) is 6.54 Å². The van der Waals surface area contributed by atoms with Gasteiger partial charge in [-0.3, -0.25) is 4.79 Å². The average Bonchev–Trinajstić information content (AvgIpc) is 2.76. The van der Waals surface area contributed by atoms with Gasteiger partial charge in [0, 0.05) is 19.2 Å². The predicted octanol–water partition coefficient (Wildman–Crippen LogP) is -0.190. The van der Waals surface area contributed by atoms with E-state index in [4.69, 9.17) is 0 Å². The molecule has 6 nitrogen and oxygen atoms in total. The van der Waals surface area contributed by atoms with E-state index in [-0.39, 0.29) is 25.4 Å². The van der Waals surface area contributed by atoms with Crippen LogP contribution in [0.2, 0.25) is 0 Å². The lowest BCUT2D eigenvalue weighted by atomic mass is 10.4. The number of hydrogen-bond donors (Lipinski definition) is 1. The molecule has 0 bridgehead atoms. The normalized spacial score (nSPS) is 21.7. The molecule has 0 aliphatic carbocycles. The first-order valence-electron chi connectivity index (χ1n) is 4.65. The van der Waals surface area contributed by atoms with Crippen molar-refractivity contribution in [2.45, 2.75) is 18.2 Å². The molecule has 0 aromatic carbocycles. The fraction of sp³-hybridized carbons (Fsp3) is 0.500. The molecule has 2 heterocycles. The Morgan fingerprint density at radius 2 is 2.38 bits per heavy atom. The van der Waals surface area contributed by atoms with Crippen LogP contribution in [0.5, 0.6) is 0 Å². The highest BCUT2D eigenvalue weighted by Gasteiger charge is 2.38. The van der Waals surface area contributed by atoms with Gasteiger partial charge < -0.3 is 9.88 Å². The smallest absolute Gasteiger partial charge is 0.307 e. The Morgan fingerprint density at radius 1 is 1.62 bits per heavy atom. The summed E-state index contributed by atoms with van der Waals surface area (Å²) in [6.45, 7) is 0.127. The number of halogens is 1. The van der Waals surface area contributed by atoms with Crippen molar-refractivity contribution in [1.29, 1.82) is 0 Å². The maximum atomic E-state index is 12.7. The van der Waals surface area contributed by atoms with Gasteiger partial charge in [-0.05, 0) is 0 Å². The number of nitrogens with one attached hydrogen (secondary N) is 1. The monoisotopic (exact) mass is 247 g/mol. The van der Waals surface area contributed by atoms with E-state index < -0.39 is 15.5 Å². The van der Waals surface area contributed by atoms with Crippen LogP contribution in [-0.4, -0.2) is 41.0 Å². The van der Waals surface area contributed by atoms with Crippen molar-refractivity contribution >= 4 is 16.1 Å². The molecule has 1 aromatic heterocycles. The molecule has 0 saturated carbocycles. The molecule has 0 radical (unpaired) electrons. The Balaban J connectivity index is 2.06. The van der Waals surface area contributed by atoms with Gasteiger partial charge in [-0.15, -0.1) is 3.89 Å². The van der Waals surface area contributed by atoms with Gasteiger partial charge in [0.1, 0.15) is 5.25 Å². The lowest BCUT2D eigenvalue weighted by Crippen LogP contribution is -2.26. The van der Waals surface area contributed by atoms with Crippen LogP contribution in [0.3, 0.4) is 0 Å². The number of carbonyl (C=O) groups excluding carboxylic acids is 1. The summed E-state index contributed by atoms with van der Waals surface area (Å²) < 4.78 is 34.0. The third-order valence-corrected chi connectivity index (χ3v) is 3.61. The minimum absolute atomic E-state index is 0.101. The van der Waals surface area contributed by atoms with Crippen LogP contribution in [0.25, 0.3) is 0 Å². The molecule has 16 heavy (non-hydrogen) atoms. The third kappa shape index (κ3) is 2.21. The minimum atomic E-state index is -4.64. The fourth-order valence-electron chi connectivity index (χ4n) is 1.65. The zero-order valence-corrected chi connectivity index (χ0v) is 9.08. The highest BCUT2D eigenvalue weighted by atomic mass is 32.3.